The number of hydrogen-bond donors (Lipinski definition) is 1. The van der Waals surface area contributed by atoms with E-state index in [0.29, 0.717) is 12.1 Å². The number of likely N-dealkylation sites (N-methyl/N-ethyl adjacent to an activating group) is 1. The van der Waals surface area contributed by atoms with Gasteiger partial charge in [-0.15, -0.1) is 0 Å². The van der Waals surface area contributed by atoms with Gasteiger partial charge in [-0.1, -0.05) is 11.6 Å². The number of hydrogen-bond acceptors (Lipinski definition) is 4. The van der Waals surface area contributed by atoms with Crippen molar-refractivity contribution < 1.29 is 4.92 Å². The Morgan fingerprint density at radius 2 is 2.40 bits per heavy atom. The molecule has 0 saturated heterocycles. The summed E-state index contributed by atoms with van der Waals surface area (Å²) in [4.78, 5) is 14.2. The highest BCUT2D eigenvalue weighted by molar-refractivity contribution is 6.30. The lowest BCUT2D eigenvalue weighted by Gasteiger charge is -2.09. The maximum Gasteiger partial charge on any atom is 0.292 e. The van der Waals surface area contributed by atoms with Crippen LogP contribution in [0.25, 0.3) is 0 Å². The SMILES string of the molecule is CNC(C)Cc1ncc(Cl)cc1[N+](=O)[O-]. The predicted octanol–water partition coefficient (Wildman–Crippen LogP) is 1.79. The second-order valence-electron chi connectivity index (χ2n) is 3.27. The van der Waals surface area contributed by atoms with Crippen LogP contribution in [0, 0.1) is 10.1 Å². The molecule has 0 radical (unpaired) electrons. The molecule has 0 aliphatic heterocycles. The molecule has 6 heteroatoms. The third-order valence-corrected chi connectivity index (χ3v) is 2.31. The lowest BCUT2D eigenvalue weighted by molar-refractivity contribution is -0.385. The van der Waals surface area contributed by atoms with Crippen LogP contribution < -0.4 is 5.32 Å². The van der Waals surface area contributed by atoms with Crippen LogP contribution in [0.15, 0.2) is 12.3 Å². The largest absolute Gasteiger partial charge is 0.317 e. The highest BCUT2D eigenvalue weighted by atomic mass is 35.5. The van der Waals surface area contributed by atoms with E-state index in [-0.39, 0.29) is 16.8 Å². The van der Waals surface area contributed by atoms with Crippen molar-refractivity contribution >= 4 is 17.3 Å². The van der Waals surface area contributed by atoms with Gasteiger partial charge >= 0.3 is 0 Å². The van der Waals surface area contributed by atoms with E-state index in [1.165, 1.54) is 12.3 Å². The molecule has 82 valence electrons. The minimum absolute atomic E-state index is 0.0235. The second-order valence-corrected chi connectivity index (χ2v) is 3.71. The molecule has 1 N–H and O–H groups in total. The standard InChI is InChI=1S/C9H12ClN3O2/c1-6(11-2)3-8-9(13(14)15)4-7(10)5-12-8/h4-6,11H,3H2,1-2H3. The van der Waals surface area contributed by atoms with Gasteiger partial charge in [-0.05, 0) is 14.0 Å². The molecule has 1 aromatic heterocycles. The zero-order chi connectivity index (χ0) is 11.4. The molecule has 0 bridgehead atoms. The summed E-state index contributed by atoms with van der Waals surface area (Å²) in [7, 11) is 1.80. The van der Waals surface area contributed by atoms with Gasteiger partial charge in [0, 0.05) is 24.7 Å². The van der Waals surface area contributed by atoms with Crippen LogP contribution in [0.3, 0.4) is 0 Å². The number of rotatable bonds is 4. The predicted molar refractivity (Wildman–Crippen MR) is 58.1 cm³/mol. The van der Waals surface area contributed by atoms with Crippen LogP contribution in [0.1, 0.15) is 12.6 Å². The van der Waals surface area contributed by atoms with Gasteiger partial charge in [0.2, 0.25) is 0 Å². The average molecular weight is 230 g/mol. The van der Waals surface area contributed by atoms with Crippen LogP contribution in [0.2, 0.25) is 5.02 Å². The Morgan fingerprint density at radius 1 is 1.73 bits per heavy atom. The Bertz CT molecular complexity index is 370. The van der Waals surface area contributed by atoms with Crippen LogP contribution in [-0.2, 0) is 6.42 Å². The molecular weight excluding hydrogens is 218 g/mol. The summed E-state index contributed by atoms with van der Waals surface area (Å²) in [5, 5.41) is 14.0. The smallest absolute Gasteiger partial charge is 0.292 e. The number of nitrogens with one attached hydrogen (secondary N) is 1. The van der Waals surface area contributed by atoms with Gasteiger partial charge in [0.05, 0.1) is 9.95 Å². The van der Waals surface area contributed by atoms with Crippen LogP contribution in [-0.4, -0.2) is 23.0 Å². The van der Waals surface area contributed by atoms with Crippen LogP contribution in [0.5, 0.6) is 0 Å². The lowest BCUT2D eigenvalue weighted by atomic mass is 10.1. The maximum atomic E-state index is 10.7. The summed E-state index contributed by atoms with van der Waals surface area (Å²) in [5.41, 5.74) is 0.427. The topological polar surface area (TPSA) is 68.1 Å². The van der Waals surface area contributed by atoms with Gasteiger partial charge in [-0.25, -0.2) is 0 Å². The first-order chi connectivity index (χ1) is 7.04. The zero-order valence-electron chi connectivity index (χ0n) is 8.53. The van der Waals surface area contributed by atoms with Gasteiger partial charge in [0.1, 0.15) is 5.69 Å². The fourth-order valence-corrected chi connectivity index (χ4v) is 1.32. The quantitative estimate of drug-likeness (QED) is 0.631. The Hall–Kier alpha value is -1.20. The summed E-state index contributed by atoms with van der Waals surface area (Å²) in [5.74, 6) is 0. The van der Waals surface area contributed by atoms with Crippen molar-refractivity contribution in [3.05, 3.63) is 33.1 Å². The fourth-order valence-electron chi connectivity index (χ4n) is 1.16. The highest BCUT2D eigenvalue weighted by Gasteiger charge is 2.17. The van der Waals surface area contributed by atoms with Crippen molar-refractivity contribution in [3.63, 3.8) is 0 Å². The first-order valence-electron chi connectivity index (χ1n) is 4.50. The maximum absolute atomic E-state index is 10.7. The minimum Gasteiger partial charge on any atom is -0.317 e. The number of halogens is 1. The molecule has 0 aliphatic carbocycles. The van der Waals surface area contributed by atoms with Gasteiger partial charge in [-0.2, -0.15) is 0 Å². The molecule has 1 heterocycles. The molecule has 1 rings (SSSR count). The van der Waals surface area contributed by atoms with E-state index in [0.717, 1.165) is 0 Å². The molecule has 0 spiro atoms. The summed E-state index contributed by atoms with van der Waals surface area (Å²) in [6.45, 7) is 1.93. The molecule has 0 saturated carbocycles. The van der Waals surface area contributed by atoms with Gasteiger partial charge in [-0.3, -0.25) is 15.1 Å². The molecule has 5 nitrogen and oxygen atoms in total. The molecule has 0 fully saturated rings. The molecule has 0 aromatic carbocycles. The summed E-state index contributed by atoms with van der Waals surface area (Å²) in [6, 6.07) is 1.46. The Labute approximate surface area is 92.6 Å². The monoisotopic (exact) mass is 229 g/mol. The Kier molecular flexibility index (Phi) is 3.99. The minimum atomic E-state index is -0.462. The highest BCUT2D eigenvalue weighted by Crippen LogP contribution is 2.21. The molecule has 1 unspecified atom stereocenters. The number of aromatic nitrogens is 1. The molecule has 0 aliphatic rings. The summed E-state index contributed by atoms with van der Waals surface area (Å²) in [6.07, 6.45) is 1.93. The van der Waals surface area contributed by atoms with Crippen LogP contribution in [0.4, 0.5) is 5.69 Å². The molecule has 1 aromatic rings. The Balaban J connectivity index is 3.01. The van der Waals surface area contributed by atoms with Crippen LogP contribution >= 0.6 is 11.6 Å². The van der Waals surface area contributed by atoms with E-state index in [1.807, 2.05) is 6.92 Å². The number of nitrogens with zero attached hydrogens (tertiary/aromatic N) is 2. The fraction of sp³-hybridized carbons (Fsp3) is 0.444. The number of pyridine rings is 1. The molecule has 15 heavy (non-hydrogen) atoms. The van der Waals surface area contributed by atoms with E-state index < -0.39 is 4.92 Å². The van der Waals surface area contributed by atoms with E-state index in [2.05, 4.69) is 10.3 Å². The summed E-state index contributed by atoms with van der Waals surface area (Å²) < 4.78 is 0. The molecule has 1 atom stereocenters. The van der Waals surface area contributed by atoms with Crippen molar-refractivity contribution in [1.29, 1.82) is 0 Å². The normalized spacial score (nSPS) is 12.5. The average Bonchev–Trinajstić information content (AvgIpc) is 2.20. The summed E-state index contributed by atoms with van der Waals surface area (Å²) >= 11 is 5.65. The lowest BCUT2D eigenvalue weighted by Crippen LogP contribution is -2.24. The van der Waals surface area contributed by atoms with Crippen molar-refractivity contribution in [2.75, 3.05) is 7.05 Å². The first kappa shape index (κ1) is 11.9. The van der Waals surface area contributed by atoms with Gasteiger partial charge in [0.15, 0.2) is 0 Å². The molecular formula is C9H12ClN3O2. The van der Waals surface area contributed by atoms with Crippen molar-refractivity contribution in [2.45, 2.75) is 19.4 Å². The molecule has 0 amide bonds. The van der Waals surface area contributed by atoms with E-state index in [1.54, 1.807) is 7.05 Å². The van der Waals surface area contributed by atoms with Crippen molar-refractivity contribution in [1.82, 2.24) is 10.3 Å². The Morgan fingerprint density at radius 3 is 2.93 bits per heavy atom. The van der Waals surface area contributed by atoms with Crippen molar-refractivity contribution in [3.8, 4) is 0 Å². The zero-order valence-corrected chi connectivity index (χ0v) is 9.28. The van der Waals surface area contributed by atoms with Crippen molar-refractivity contribution in [2.24, 2.45) is 0 Å². The third kappa shape index (κ3) is 3.14. The first-order valence-corrected chi connectivity index (χ1v) is 4.88. The van der Waals surface area contributed by atoms with E-state index in [9.17, 15) is 10.1 Å². The van der Waals surface area contributed by atoms with Gasteiger partial charge in [0.25, 0.3) is 5.69 Å². The third-order valence-electron chi connectivity index (χ3n) is 2.10. The second kappa shape index (κ2) is 5.04. The van der Waals surface area contributed by atoms with Gasteiger partial charge < -0.3 is 5.32 Å². The number of nitro groups is 1. The van der Waals surface area contributed by atoms with E-state index in [4.69, 9.17) is 11.6 Å². The van der Waals surface area contributed by atoms with E-state index >= 15 is 0 Å².